The molecular weight excluding hydrogens is 272 g/mol. The molecule has 2 rings (SSSR count). The van der Waals surface area contributed by atoms with Gasteiger partial charge < -0.3 is 0 Å². The molecule has 0 radical (unpaired) electrons. The van der Waals surface area contributed by atoms with Crippen LogP contribution in [0, 0.1) is 0 Å². The topological polar surface area (TPSA) is 41.5 Å². The number of rotatable bonds is 6. The molecule has 0 aromatic heterocycles. The van der Waals surface area contributed by atoms with Crippen molar-refractivity contribution in [1.29, 1.82) is 0 Å². The maximum absolute atomic E-state index is 11.6. The lowest BCUT2D eigenvalue weighted by molar-refractivity contribution is -0.121. The van der Waals surface area contributed by atoms with E-state index in [0.29, 0.717) is 6.42 Å². The predicted molar refractivity (Wildman–Crippen MR) is 91.8 cm³/mol. The Morgan fingerprint density at radius 1 is 1.00 bits per heavy atom. The summed E-state index contributed by atoms with van der Waals surface area (Å²) in [6, 6.07) is 18.4. The smallest absolute Gasteiger partial charge is 0.240 e. The van der Waals surface area contributed by atoms with Crippen LogP contribution in [0.1, 0.15) is 38.7 Å². The van der Waals surface area contributed by atoms with Crippen molar-refractivity contribution in [2.24, 2.45) is 5.10 Å². The lowest BCUT2D eigenvalue weighted by Gasteiger charge is -2.05. The van der Waals surface area contributed by atoms with Gasteiger partial charge in [-0.3, -0.25) is 4.79 Å². The van der Waals surface area contributed by atoms with Crippen LogP contribution in [-0.4, -0.2) is 11.6 Å². The van der Waals surface area contributed by atoms with Gasteiger partial charge in [-0.2, -0.15) is 5.10 Å². The minimum atomic E-state index is -0.0258. The lowest BCUT2D eigenvalue weighted by atomic mass is 10.0. The zero-order valence-electron chi connectivity index (χ0n) is 13.2. The SMILES string of the molecule is CCCCC(=O)NN=C(C)c1ccc(-c2ccccc2)cc1. The van der Waals surface area contributed by atoms with Crippen LogP contribution in [0.25, 0.3) is 11.1 Å². The molecule has 0 unspecified atom stereocenters. The molecule has 2 aromatic rings. The van der Waals surface area contributed by atoms with Crippen LogP contribution in [0.3, 0.4) is 0 Å². The van der Waals surface area contributed by atoms with E-state index in [0.717, 1.165) is 24.1 Å². The van der Waals surface area contributed by atoms with E-state index >= 15 is 0 Å². The molecule has 1 N–H and O–H groups in total. The molecule has 3 nitrogen and oxygen atoms in total. The van der Waals surface area contributed by atoms with E-state index < -0.39 is 0 Å². The van der Waals surface area contributed by atoms with E-state index in [-0.39, 0.29) is 5.91 Å². The average Bonchev–Trinajstić information content (AvgIpc) is 2.58. The van der Waals surface area contributed by atoms with Crippen LogP contribution in [0.2, 0.25) is 0 Å². The van der Waals surface area contributed by atoms with E-state index in [1.54, 1.807) is 0 Å². The van der Waals surface area contributed by atoms with E-state index in [9.17, 15) is 4.79 Å². The van der Waals surface area contributed by atoms with Crippen molar-refractivity contribution in [3.63, 3.8) is 0 Å². The molecule has 0 spiro atoms. The van der Waals surface area contributed by atoms with Gasteiger partial charge in [-0.1, -0.05) is 67.9 Å². The van der Waals surface area contributed by atoms with Crippen molar-refractivity contribution in [3.8, 4) is 11.1 Å². The molecular formula is C19H22N2O. The van der Waals surface area contributed by atoms with Gasteiger partial charge in [0, 0.05) is 6.42 Å². The number of benzene rings is 2. The first kappa shape index (κ1) is 16.0. The third-order valence-corrected chi connectivity index (χ3v) is 3.52. The van der Waals surface area contributed by atoms with Crippen LogP contribution in [0.5, 0.6) is 0 Å². The van der Waals surface area contributed by atoms with Gasteiger partial charge in [0.25, 0.3) is 0 Å². The van der Waals surface area contributed by atoms with Gasteiger partial charge in [0.05, 0.1) is 5.71 Å². The first-order valence-electron chi connectivity index (χ1n) is 7.69. The fourth-order valence-corrected chi connectivity index (χ4v) is 2.14. The summed E-state index contributed by atoms with van der Waals surface area (Å²) in [6.45, 7) is 3.97. The predicted octanol–water partition coefficient (Wildman–Crippen LogP) is 4.38. The van der Waals surface area contributed by atoms with Crippen LogP contribution in [0.4, 0.5) is 0 Å². The Kier molecular flexibility index (Phi) is 5.90. The van der Waals surface area contributed by atoms with Crippen molar-refractivity contribution in [1.82, 2.24) is 5.43 Å². The highest BCUT2D eigenvalue weighted by Gasteiger charge is 2.02. The first-order valence-corrected chi connectivity index (χ1v) is 7.69. The third kappa shape index (κ3) is 4.55. The summed E-state index contributed by atoms with van der Waals surface area (Å²) in [5.41, 5.74) is 6.79. The highest BCUT2D eigenvalue weighted by molar-refractivity contribution is 5.99. The summed E-state index contributed by atoms with van der Waals surface area (Å²) < 4.78 is 0. The highest BCUT2D eigenvalue weighted by atomic mass is 16.2. The molecule has 2 aromatic carbocycles. The molecule has 1 amide bonds. The summed E-state index contributed by atoms with van der Waals surface area (Å²) in [4.78, 5) is 11.6. The number of nitrogens with one attached hydrogen (secondary N) is 1. The van der Waals surface area contributed by atoms with E-state index in [4.69, 9.17) is 0 Å². The van der Waals surface area contributed by atoms with Gasteiger partial charge >= 0.3 is 0 Å². The number of carbonyl (C=O) groups excluding carboxylic acids is 1. The Labute approximate surface area is 132 Å². The highest BCUT2D eigenvalue weighted by Crippen LogP contribution is 2.19. The molecule has 0 aliphatic heterocycles. The number of hydrazone groups is 1. The van der Waals surface area contributed by atoms with Crippen LogP contribution >= 0.6 is 0 Å². The van der Waals surface area contributed by atoms with Crippen LogP contribution in [0.15, 0.2) is 59.7 Å². The summed E-state index contributed by atoms with van der Waals surface area (Å²) in [7, 11) is 0. The number of amides is 1. The third-order valence-electron chi connectivity index (χ3n) is 3.52. The van der Waals surface area contributed by atoms with Gasteiger partial charge in [0.15, 0.2) is 0 Å². The van der Waals surface area contributed by atoms with Crippen molar-refractivity contribution >= 4 is 11.6 Å². The monoisotopic (exact) mass is 294 g/mol. The van der Waals surface area contributed by atoms with E-state index in [1.807, 2.05) is 37.3 Å². The number of hydrogen-bond donors (Lipinski definition) is 1. The summed E-state index contributed by atoms with van der Waals surface area (Å²) in [6.07, 6.45) is 2.43. The van der Waals surface area contributed by atoms with Gasteiger partial charge in [-0.25, -0.2) is 5.43 Å². The van der Waals surface area contributed by atoms with Gasteiger partial charge in [0.1, 0.15) is 0 Å². The molecule has 0 saturated carbocycles. The van der Waals surface area contributed by atoms with E-state index in [2.05, 4.69) is 41.7 Å². The lowest BCUT2D eigenvalue weighted by Crippen LogP contribution is -2.18. The first-order chi connectivity index (χ1) is 10.7. The second kappa shape index (κ2) is 8.13. The van der Waals surface area contributed by atoms with Crippen molar-refractivity contribution < 1.29 is 4.79 Å². The number of hydrogen-bond acceptors (Lipinski definition) is 2. The molecule has 3 heteroatoms. The largest absolute Gasteiger partial charge is 0.273 e. The average molecular weight is 294 g/mol. The number of nitrogens with zero attached hydrogens (tertiary/aromatic N) is 1. The quantitative estimate of drug-likeness (QED) is 0.623. The Hall–Kier alpha value is -2.42. The fraction of sp³-hybridized carbons (Fsp3) is 0.263. The minimum Gasteiger partial charge on any atom is -0.273 e. The fourth-order valence-electron chi connectivity index (χ4n) is 2.14. The second-order valence-electron chi connectivity index (χ2n) is 5.28. The summed E-state index contributed by atoms with van der Waals surface area (Å²) in [5.74, 6) is -0.0258. The van der Waals surface area contributed by atoms with Gasteiger partial charge in [0.2, 0.25) is 5.91 Å². The Balaban J connectivity index is 2.02. The van der Waals surface area contributed by atoms with Crippen LogP contribution < -0.4 is 5.43 Å². The molecule has 0 heterocycles. The molecule has 0 fully saturated rings. The number of carbonyl (C=O) groups is 1. The van der Waals surface area contributed by atoms with Gasteiger partial charge in [-0.05, 0) is 30.0 Å². The minimum absolute atomic E-state index is 0.0258. The zero-order chi connectivity index (χ0) is 15.8. The summed E-state index contributed by atoms with van der Waals surface area (Å²) >= 11 is 0. The standard InChI is InChI=1S/C19H22N2O/c1-3-4-10-19(22)21-20-15(2)16-11-13-18(14-12-16)17-8-6-5-7-9-17/h5-9,11-14H,3-4,10H2,1-2H3,(H,21,22). The van der Waals surface area contributed by atoms with Crippen LogP contribution in [-0.2, 0) is 4.79 Å². The van der Waals surface area contributed by atoms with Gasteiger partial charge in [-0.15, -0.1) is 0 Å². The molecule has 0 atom stereocenters. The maximum atomic E-state index is 11.6. The van der Waals surface area contributed by atoms with Crippen molar-refractivity contribution in [2.45, 2.75) is 33.1 Å². The maximum Gasteiger partial charge on any atom is 0.240 e. The molecule has 0 aliphatic rings. The Morgan fingerprint density at radius 3 is 2.27 bits per heavy atom. The molecule has 0 aliphatic carbocycles. The van der Waals surface area contributed by atoms with Crippen molar-refractivity contribution in [2.75, 3.05) is 0 Å². The Bertz CT molecular complexity index is 630. The Morgan fingerprint density at radius 2 is 1.64 bits per heavy atom. The molecule has 0 saturated heterocycles. The molecule has 0 bridgehead atoms. The van der Waals surface area contributed by atoms with E-state index in [1.165, 1.54) is 11.1 Å². The molecule has 114 valence electrons. The second-order valence-corrected chi connectivity index (χ2v) is 5.28. The summed E-state index contributed by atoms with van der Waals surface area (Å²) in [5, 5.41) is 4.17. The zero-order valence-corrected chi connectivity index (χ0v) is 13.2. The number of unbranched alkanes of at least 4 members (excludes halogenated alkanes) is 1. The molecule has 22 heavy (non-hydrogen) atoms. The van der Waals surface area contributed by atoms with Crippen molar-refractivity contribution in [3.05, 3.63) is 60.2 Å². The normalized spacial score (nSPS) is 11.3.